The number of ether oxygens (including phenoxy) is 1. The predicted molar refractivity (Wildman–Crippen MR) is 69.2 cm³/mol. The Morgan fingerprint density at radius 2 is 2.18 bits per heavy atom. The highest BCUT2D eigenvalue weighted by atomic mass is 16.5. The van der Waals surface area contributed by atoms with Crippen molar-refractivity contribution in [2.24, 2.45) is 0 Å². The maximum Gasteiger partial charge on any atom is 0.139 e. The quantitative estimate of drug-likeness (QED) is 0.727. The summed E-state index contributed by atoms with van der Waals surface area (Å²) < 4.78 is 5.91. The molecular weight excluding hydrogens is 210 g/mol. The molecule has 1 aromatic carbocycles. The monoisotopic (exact) mass is 225 g/mol. The third-order valence-electron chi connectivity index (χ3n) is 3.06. The molecule has 1 atom stereocenters. The van der Waals surface area contributed by atoms with Crippen molar-refractivity contribution in [2.45, 2.75) is 25.4 Å². The van der Waals surface area contributed by atoms with Gasteiger partial charge in [0.1, 0.15) is 11.9 Å². The van der Waals surface area contributed by atoms with Crippen molar-refractivity contribution in [2.75, 3.05) is 0 Å². The number of aromatic nitrogens is 1. The van der Waals surface area contributed by atoms with Crippen molar-refractivity contribution in [3.63, 3.8) is 0 Å². The molecule has 2 nitrogen and oxygen atoms in total. The molecule has 86 valence electrons. The summed E-state index contributed by atoms with van der Waals surface area (Å²) in [5, 5.41) is 1.13. The lowest BCUT2D eigenvalue weighted by Gasteiger charge is -2.18. The van der Waals surface area contributed by atoms with Gasteiger partial charge in [0.25, 0.3) is 0 Å². The van der Waals surface area contributed by atoms with Gasteiger partial charge >= 0.3 is 0 Å². The zero-order valence-electron chi connectivity index (χ0n) is 9.67. The van der Waals surface area contributed by atoms with E-state index >= 15 is 0 Å². The average Bonchev–Trinajstić information content (AvgIpc) is 2.40. The van der Waals surface area contributed by atoms with Gasteiger partial charge in [0.05, 0.1) is 11.7 Å². The van der Waals surface area contributed by atoms with Crippen LogP contribution in [-0.2, 0) is 0 Å². The first kappa shape index (κ1) is 10.3. The molecule has 0 bridgehead atoms. The Morgan fingerprint density at radius 3 is 3.06 bits per heavy atom. The van der Waals surface area contributed by atoms with E-state index in [1.165, 1.54) is 12.8 Å². The third-order valence-corrected chi connectivity index (χ3v) is 3.06. The second-order valence-corrected chi connectivity index (χ2v) is 4.38. The van der Waals surface area contributed by atoms with Gasteiger partial charge in [0.15, 0.2) is 0 Å². The zero-order chi connectivity index (χ0) is 11.5. The van der Waals surface area contributed by atoms with E-state index in [4.69, 9.17) is 4.74 Å². The van der Waals surface area contributed by atoms with E-state index in [1.54, 1.807) is 0 Å². The molecule has 0 spiro atoms. The lowest BCUT2D eigenvalue weighted by atomic mass is 10.1. The van der Waals surface area contributed by atoms with Gasteiger partial charge in [0, 0.05) is 5.39 Å². The largest absolute Gasteiger partial charge is 0.485 e. The standard InChI is InChI=1S/C15H15NO/c1-2-7-13(8-3-1)17-14-10-12-6-4-5-9-15(12)16-11-14/h2,4-7,9-11,13H,1,3,8H2. The summed E-state index contributed by atoms with van der Waals surface area (Å²) >= 11 is 0. The lowest BCUT2D eigenvalue weighted by Crippen LogP contribution is -2.15. The van der Waals surface area contributed by atoms with Gasteiger partial charge in [-0.3, -0.25) is 4.98 Å². The molecule has 17 heavy (non-hydrogen) atoms. The number of pyridine rings is 1. The van der Waals surface area contributed by atoms with Crippen molar-refractivity contribution < 1.29 is 4.74 Å². The van der Waals surface area contributed by atoms with E-state index in [9.17, 15) is 0 Å². The van der Waals surface area contributed by atoms with Gasteiger partial charge in [-0.05, 0) is 37.5 Å². The second-order valence-electron chi connectivity index (χ2n) is 4.38. The molecule has 1 aliphatic rings. The van der Waals surface area contributed by atoms with Crippen molar-refractivity contribution in [1.29, 1.82) is 0 Å². The molecule has 0 N–H and O–H groups in total. The van der Waals surface area contributed by atoms with Gasteiger partial charge in [-0.1, -0.05) is 24.3 Å². The van der Waals surface area contributed by atoms with Gasteiger partial charge in [-0.2, -0.15) is 0 Å². The van der Waals surface area contributed by atoms with Crippen molar-refractivity contribution in [3.05, 3.63) is 48.7 Å². The summed E-state index contributed by atoms with van der Waals surface area (Å²) in [6.07, 6.45) is 9.86. The van der Waals surface area contributed by atoms with E-state index < -0.39 is 0 Å². The first-order valence-corrected chi connectivity index (χ1v) is 6.10. The van der Waals surface area contributed by atoms with Gasteiger partial charge in [0.2, 0.25) is 0 Å². The minimum atomic E-state index is 0.215. The molecule has 0 aliphatic heterocycles. The highest BCUT2D eigenvalue weighted by Crippen LogP contribution is 2.21. The lowest BCUT2D eigenvalue weighted by molar-refractivity contribution is 0.229. The second kappa shape index (κ2) is 4.58. The molecule has 0 saturated carbocycles. The SMILES string of the molecule is C1=CC(Oc2cnc3ccccc3c2)CCC1. The van der Waals surface area contributed by atoms with Crippen molar-refractivity contribution in [1.82, 2.24) is 4.98 Å². The molecular formula is C15H15NO. The maximum atomic E-state index is 5.91. The fraction of sp³-hybridized carbons (Fsp3) is 0.267. The number of nitrogens with zero attached hydrogens (tertiary/aromatic N) is 1. The minimum Gasteiger partial charge on any atom is -0.485 e. The smallest absolute Gasteiger partial charge is 0.139 e. The number of hydrogen-bond donors (Lipinski definition) is 0. The highest BCUT2D eigenvalue weighted by Gasteiger charge is 2.10. The van der Waals surface area contributed by atoms with Crippen LogP contribution in [0.3, 0.4) is 0 Å². The molecule has 3 rings (SSSR count). The molecule has 1 heterocycles. The Kier molecular flexibility index (Phi) is 2.78. The van der Waals surface area contributed by atoms with Crippen LogP contribution in [0, 0.1) is 0 Å². The zero-order valence-corrected chi connectivity index (χ0v) is 9.67. The number of hydrogen-bond acceptors (Lipinski definition) is 2. The number of rotatable bonds is 2. The molecule has 0 radical (unpaired) electrons. The molecule has 0 amide bonds. The van der Waals surface area contributed by atoms with Crippen LogP contribution in [0.2, 0.25) is 0 Å². The van der Waals surface area contributed by atoms with Crippen LogP contribution in [0.15, 0.2) is 48.7 Å². The Labute approximate surface area is 101 Å². The van der Waals surface area contributed by atoms with E-state index in [1.807, 2.05) is 24.4 Å². The Hall–Kier alpha value is -1.83. The van der Waals surface area contributed by atoms with Gasteiger partial charge in [-0.25, -0.2) is 0 Å². The van der Waals surface area contributed by atoms with E-state index in [-0.39, 0.29) is 6.10 Å². The number of para-hydroxylation sites is 1. The van der Waals surface area contributed by atoms with Crippen LogP contribution in [-0.4, -0.2) is 11.1 Å². The molecule has 2 aromatic rings. The summed E-state index contributed by atoms with van der Waals surface area (Å²) in [5.41, 5.74) is 1.01. The number of benzene rings is 1. The Morgan fingerprint density at radius 1 is 1.24 bits per heavy atom. The van der Waals surface area contributed by atoms with Crippen LogP contribution in [0.25, 0.3) is 10.9 Å². The predicted octanol–water partition coefficient (Wildman–Crippen LogP) is 3.72. The number of allylic oxidation sites excluding steroid dienone is 1. The summed E-state index contributed by atoms with van der Waals surface area (Å²) in [4.78, 5) is 4.40. The highest BCUT2D eigenvalue weighted by molar-refractivity contribution is 5.79. The average molecular weight is 225 g/mol. The van der Waals surface area contributed by atoms with E-state index in [0.29, 0.717) is 0 Å². The van der Waals surface area contributed by atoms with E-state index in [0.717, 1.165) is 23.1 Å². The van der Waals surface area contributed by atoms with Gasteiger partial charge < -0.3 is 4.74 Å². The number of fused-ring (bicyclic) bond motifs is 1. The normalized spacial score (nSPS) is 19.4. The van der Waals surface area contributed by atoms with Crippen LogP contribution >= 0.6 is 0 Å². The molecule has 1 aliphatic carbocycles. The van der Waals surface area contributed by atoms with Crippen LogP contribution in [0.4, 0.5) is 0 Å². The molecule has 0 fully saturated rings. The van der Waals surface area contributed by atoms with Gasteiger partial charge in [-0.15, -0.1) is 0 Å². The molecule has 2 heteroatoms. The fourth-order valence-electron chi connectivity index (χ4n) is 2.17. The van der Waals surface area contributed by atoms with Crippen molar-refractivity contribution in [3.8, 4) is 5.75 Å². The Balaban J connectivity index is 1.85. The first-order valence-electron chi connectivity index (χ1n) is 6.10. The van der Waals surface area contributed by atoms with Crippen LogP contribution in [0.1, 0.15) is 19.3 Å². The van der Waals surface area contributed by atoms with Crippen LogP contribution in [0.5, 0.6) is 5.75 Å². The summed E-state index contributed by atoms with van der Waals surface area (Å²) in [7, 11) is 0. The minimum absolute atomic E-state index is 0.215. The summed E-state index contributed by atoms with van der Waals surface area (Å²) in [6.45, 7) is 0. The fourth-order valence-corrected chi connectivity index (χ4v) is 2.17. The maximum absolute atomic E-state index is 5.91. The summed E-state index contributed by atoms with van der Waals surface area (Å²) in [5.74, 6) is 0.861. The van der Waals surface area contributed by atoms with E-state index in [2.05, 4.69) is 29.3 Å². The molecule has 1 unspecified atom stereocenters. The first-order chi connectivity index (χ1) is 8.42. The molecule has 0 saturated heterocycles. The topological polar surface area (TPSA) is 22.1 Å². The van der Waals surface area contributed by atoms with Crippen molar-refractivity contribution >= 4 is 10.9 Å². The summed E-state index contributed by atoms with van der Waals surface area (Å²) in [6, 6.07) is 10.2. The Bertz CT molecular complexity index is 547. The third kappa shape index (κ3) is 2.31. The van der Waals surface area contributed by atoms with Crippen LogP contribution < -0.4 is 4.74 Å². The molecule has 1 aromatic heterocycles.